The number of amides is 1. The first-order valence-corrected chi connectivity index (χ1v) is 7.65. The van der Waals surface area contributed by atoms with Gasteiger partial charge in [-0.2, -0.15) is 0 Å². The molecule has 0 saturated carbocycles. The van der Waals surface area contributed by atoms with Crippen LogP contribution in [0.4, 0.5) is 11.6 Å². The number of nitrogens with zero attached hydrogens (tertiary/aromatic N) is 3. The van der Waals surface area contributed by atoms with E-state index in [-0.39, 0.29) is 5.91 Å². The minimum Gasteiger partial charge on any atom is -0.384 e. The third-order valence-electron chi connectivity index (χ3n) is 3.53. The zero-order chi connectivity index (χ0) is 16.9. The standard InChI is InChI=1S/C17H18N6O/c1-2-19-17(24)12-5-3-11(4-6-12)9-20-15-13-7-8-14(18)23-16(13)22-10-21-15/h3-8,10H,2,9H2,1H3,(H,19,24)(H3,18,20,21,22,23). The van der Waals surface area contributed by atoms with Crippen molar-refractivity contribution in [3.05, 3.63) is 53.9 Å². The number of aromatic nitrogens is 3. The highest BCUT2D eigenvalue weighted by Gasteiger charge is 2.06. The summed E-state index contributed by atoms with van der Waals surface area (Å²) in [4.78, 5) is 24.3. The quantitative estimate of drug-likeness (QED) is 0.663. The lowest BCUT2D eigenvalue weighted by Crippen LogP contribution is -2.22. The molecular formula is C17H18N6O. The lowest BCUT2D eigenvalue weighted by molar-refractivity contribution is 0.0956. The molecule has 0 aliphatic heterocycles. The smallest absolute Gasteiger partial charge is 0.251 e. The summed E-state index contributed by atoms with van der Waals surface area (Å²) in [5.41, 5.74) is 7.92. The van der Waals surface area contributed by atoms with Crippen molar-refractivity contribution in [3.8, 4) is 0 Å². The molecule has 122 valence electrons. The minimum atomic E-state index is -0.0672. The predicted octanol–water partition coefficient (Wildman–Crippen LogP) is 1.97. The maximum Gasteiger partial charge on any atom is 0.251 e. The zero-order valence-electron chi connectivity index (χ0n) is 13.3. The first-order chi connectivity index (χ1) is 11.7. The largest absolute Gasteiger partial charge is 0.384 e. The van der Waals surface area contributed by atoms with Crippen LogP contribution in [0.5, 0.6) is 0 Å². The molecule has 0 radical (unpaired) electrons. The number of hydrogen-bond donors (Lipinski definition) is 3. The number of fused-ring (bicyclic) bond motifs is 1. The lowest BCUT2D eigenvalue weighted by Gasteiger charge is -2.09. The van der Waals surface area contributed by atoms with Crippen molar-refractivity contribution in [3.63, 3.8) is 0 Å². The van der Waals surface area contributed by atoms with Gasteiger partial charge in [-0.3, -0.25) is 4.79 Å². The van der Waals surface area contributed by atoms with Gasteiger partial charge in [0.25, 0.3) is 5.91 Å². The molecule has 0 saturated heterocycles. The summed E-state index contributed by atoms with van der Waals surface area (Å²) in [6.07, 6.45) is 1.45. The van der Waals surface area contributed by atoms with Crippen LogP contribution in [0.2, 0.25) is 0 Å². The van der Waals surface area contributed by atoms with E-state index in [1.54, 1.807) is 6.07 Å². The van der Waals surface area contributed by atoms with Crippen LogP contribution >= 0.6 is 0 Å². The highest BCUT2D eigenvalue weighted by molar-refractivity contribution is 5.94. The molecule has 3 aromatic rings. The molecule has 2 heterocycles. The normalized spacial score (nSPS) is 10.5. The molecule has 4 N–H and O–H groups in total. The molecule has 0 bridgehead atoms. The van der Waals surface area contributed by atoms with Gasteiger partial charge < -0.3 is 16.4 Å². The van der Waals surface area contributed by atoms with Crippen LogP contribution in [0.25, 0.3) is 11.0 Å². The molecule has 2 aromatic heterocycles. The summed E-state index contributed by atoms with van der Waals surface area (Å²) >= 11 is 0. The lowest BCUT2D eigenvalue weighted by atomic mass is 10.1. The molecule has 7 nitrogen and oxygen atoms in total. The van der Waals surface area contributed by atoms with E-state index >= 15 is 0 Å². The zero-order valence-corrected chi connectivity index (χ0v) is 13.3. The van der Waals surface area contributed by atoms with Gasteiger partial charge in [-0.25, -0.2) is 15.0 Å². The maximum absolute atomic E-state index is 11.7. The van der Waals surface area contributed by atoms with Gasteiger partial charge in [0, 0.05) is 18.7 Å². The Kier molecular flexibility index (Phi) is 4.51. The van der Waals surface area contributed by atoms with E-state index in [0.29, 0.717) is 35.9 Å². The number of anilines is 2. The van der Waals surface area contributed by atoms with Crippen molar-refractivity contribution >= 4 is 28.6 Å². The van der Waals surface area contributed by atoms with Crippen molar-refractivity contribution in [2.24, 2.45) is 0 Å². The molecule has 24 heavy (non-hydrogen) atoms. The molecule has 0 aliphatic carbocycles. The van der Waals surface area contributed by atoms with E-state index in [2.05, 4.69) is 25.6 Å². The van der Waals surface area contributed by atoms with Crippen LogP contribution in [0, 0.1) is 0 Å². The van der Waals surface area contributed by atoms with Crippen molar-refractivity contribution in [2.45, 2.75) is 13.5 Å². The molecule has 0 spiro atoms. The van der Waals surface area contributed by atoms with Crippen LogP contribution in [-0.2, 0) is 6.54 Å². The number of benzene rings is 1. The second-order valence-electron chi connectivity index (χ2n) is 5.24. The summed E-state index contributed by atoms with van der Waals surface area (Å²) in [5, 5.41) is 6.85. The summed E-state index contributed by atoms with van der Waals surface area (Å²) < 4.78 is 0. The summed E-state index contributed by atoms with van der Waals surface area (Å²) in [6.45, 7) is 3.08. The topological polar surface area (TPSA) is 106 Å². The van der Waals surface area contributed by atoms with Crippen LogP contribution in [0.3, 0.4) is 0 Å². The van der Waals surface area contributed by atoms with Gasteiger partial charge in [-0.1, -0.05) is 12.1 Å². The number of rotatable bonds is 5. The fourth-order valence-electron chi connectivity index (χ4n) is 2.32. The van der Waals surface area contributed by atoms with Crippen LogP contribution in [0.1, 0.15) is 22.8 Å². The monoisotopic (exact) mass is 322 g/mol. The SMILES string of the molecule is CCNC(=O)c1ccc(CNc2ncnc3nc(N)ccc23)cc1. The molecule has 0 unspecified atom stereocenters. The second kappa shape index (κ2) is 6.91. The average molecular weight is 322 g/mol. The first kappa shape index (κ1) is 15.7. The number of nitrogens with one attached hydrogen (secondary N) is 2. The number of carbonyl (C=O) groups is 1. The van der Waals surface area contributed by atoms with E-state index in [4.69, 9.17) is 5.73 Å². The van der Waals surface area contributed by atoms with Gasteiger partial charge in [0.05, 0.1) is 5.39 Å². The summed E-state index contributed by atoms with van der Waals surface area (Å²) in [7, 11) is 0. The maximum atomic E-state index is 11.7. The van der Waals surface area contributed by atoms with E-state index in [0.717, 1.165) is 10.9 Å². The summed E-state index contributed by atoms with van der Waals surface area (Å²) in [6, 6.07) is 11.0. The molecule has 7 heteroatoms. The minimum absolute atomic E-state index is 0.0672. The molecule has 0 atom stereocenters. The average Bonchev–Trinajstić information content (AvgIpc) is 2.60. The molecule has 0 fully saturated rings. The van der Waals surface area contributed by atoms with Gasteiger partial charge in [0.15, 0.2) is 5.65 Å². The Bertz CT molecular complexity index is 863. The Morgan fingerprint density at radius 2 is 1.92 bits per heavy atom. The molecule has 1 aromatic carbocycles. The van der Waals surface area contributed by atoms with Crippen molar-refractivity contribution in [1.29, 1.82) is 0 Å². The van der Waals surface area contributed by atoms with E-state index in [1.165, 1.54) is 6.33 Å². The number of nitrogens with two attached hydrogens (primary N) is 1. The third kappa shape index (κ3) is 3.40. The highest BCUT2D eigenvalue weighted by Crippen LogP contribution is 2.19. The van der Waals surface area contributed by atoms with E-state index in [1.807, 2.05) is 37.3 Å². The molecular weight excluding hydrogens is 304 g/mol. The molecule has 1 amide bonds. The van der Waals surface area contributed by atoms with Crippen molar-refractivity contribution in [2.75, 3.05) is 17.6 Å². The van der Waals surface area contributed by atoms with Crippen LogP contribution in [0.15, 0.2) is 42.7 Å². The Hall–Kier alpha value is -3.22. The predicted molar refractivity (Wildman–Crippen MR) is 93.5 cm³/mol. The van der Waals surface area contributed by atoms with E-state index in [9.17, 15) is 4.79 Å². The van der Waals surface area contributed by atoms with E-state index < -0.39 is 0 Å². The Morgan fingerprint density at radius 3 is 2.67 bits per heavy atom. The van der Waals surface area contributed by atoms with Gasteiger partial charge >= 0.3 is 0 Å². The Morgan fingerprint density at radius 1 is 1.12 bits per heavy atom. The van der Waals surface area contributed by atoms with Crippen molar-refractivity contribution in [1.82, 2.24) is 20.3 Å². The fourth-order valence-corrected chi connectivity index (χ4v) is 2.32. The first-order valence-electron chi connectivity index (χ1n) is 7.65. The van der Waals surface area contributed by atoms with Crippen molar-refractivity contribution < 1.29 is 4.79 Å². The third-order valence-corrected chi connectivity index (χ3v) is 3.53. The van der Waals surface area contributed by atoms with Gasteiger partial charge in [0.2, 0.25) is 0 Å². The van der Waals surface area contributed by atoms with Crippen LogP contribution < -0.4 is 16.4 Å². The van der Waals surface area contributed by atoms with Gasteiger partial charge in [0.1, 0.15) is 18.0 Å². The van der Waals surface area contributed by atoms with Gasteiger partial charge in [-0.05, 0) is 36.8 Å². The van der Waals surface area contributed by atoms with Gasteiger partial charge in [-0.15, -0.1) is 0 Å². The Balaban J connectivity index is 1.73. The Labute approximate surface area is 139 Å². The fraction of sp³-hybridized carbons (Fsp3) is 0.176. The summed E-state index contributed by atoms with van der Waals surface area (Å²) in [5.74, 6) is 1.05. The number of pyridine rings is 1. The molecule has 3 rings (SSSR count). The highest BCUT2D eigenvalue weighted by atomic mass is 16.1. The number of hydrogen-bond acceptors (Lipinski definition) is 6. The van der Waals surface area contributed by atoms with Crippen LogP contribution in [-0.4, -0.2) is 27.4 Å². The molecule has 0 aliphatic rings. The number of nitrogen functional groups attached to an aromatic ring is 1. The second-order valence-corrected chi connectivity index (χ2v) is 5.24. The number of carbonyl (C=O) groups excluding carboxylic acids is 1.